The molecule has 0 amide bonds. The molecule has 0 aliphatic heterocycles. The molecule has 4 heteroatoms. The lowest BCUT2D eigenvalue weighted by atomic mass is 9.83. The Morgan fingerprint density at radius 3 is 2.80 bits per heavy atom. The highest BCUT2D eigenvalue weighted by atomic mass is 35.5. The second kappa shape index (κ2) is 4.97. The van der Waals surface area contributed by atoms with Crippen LogP contribution < -0.4 is 0 Å². The summed E-state index contributed by atoms with van der Waals surface area (Å²) in [5, 5.41) is 8.60. The molecule has 0 bridgehead atoms. The second-order valence-electron chi connectivity index (χ2n) is 4.37. The molecule has 1 aliphatic carbocycles. The molecular weight excluding hydrogens is 210 g/mol. The Kier molecular flexibility index (Phi) is 3.62. The van der Waals surface area contributed by atoms with Gasteiger partial charge < -0.3 is 4.57 Å². The van der Waals surface area contributed by atoms with Gasteiger partial charge in [0, 0.05) is 13.0 Å². The van der Waals surface area contributed by atoms with E-state index in [2.05, 4.69) is 21.7 Å². The first-order valence-electron chi connectivity index (χ1n) is 5.89. The third-order valence-electron chi connectivity index (χ3n) is 3.24. The zero-order valence-electron chi connectivity index (χ0n) is 9.25. The summed E-state index contributed by atoms with van der Waals surface area (Å²) < 4.78 is 2.07. The van der Waals surface area contributed by atoms with Crippen molar-refractivity contribution in [1.82, 2.24) is 14.8 Å². The van der Waals surface area contributed by atoms with Crippen LogP contribution in [0.4, 0.5) is 0 Å². The first-order chi connectivity index (χ1) is 7.31. The largest absolute Gasteiger partial charge is 0.302 e. The topological polar surface area (TPSA) is 30.7 Å². The molecule has 0 unspecified atom stereocenters. The van der Waals surface area contributed by atoms with Gasteiger partial charge in [-0.25, -0.2) is 0 Å². The Balaban J connectivity index is 1.94. The zero-order valence-corrected chi connectivity index (χ0v) is 10.0. The molecule has 0 aromatic carbocycles. The van der Waals surface area contributed by atoms with E-state index in [0.29, 0.717) is 5.28 Å². The van der Waals surface area contributed by atoms with Crippen molar-refractivity contribution in [3.8, 4) is 0 Å². The number of aryl methyl sites for hydroxylation is 1. The van der Waals surface area contributed by atoms with E-state index in [1.807, 2.05) is 0 Å². The molecular formula is C11H18ClN3. The normalized spacial score (nSPS) is 16.7. The van der Waals surface area contributed by atoms with Crippen LogP contribution in [-0.2, 0) is 13.0 Å². The highest BCUT2D eigenvalue weighted by molar-refractivity contribution is 6.28. The van der Waals surface area contributed by atoms with Crippen LogP contribution >= 0.6 is 11.6 Å². The van der Waals surface area contributed by atoms with E-state index in [9.17, 15) is 0 Å². The van der Waals surface area contributed by atoms with Crippen LogP contribution in [0.3, 0.4) is 0 Å². The van der Waals surface area contributed by atoms with Crippen LogP contribution in [0.5, 0.6) is 0 Å². The van der Waals surface area contributed by atoms with Crippen LogP contribution in [0, 0.1) is 5.92 Å². The maximum atomic E-state index is 6.01. The fourth-order valence-electron chi connectivity index (χ4n) is 2.04. The molecule has 0 N–H and O–H groups in total. The summed E-state index contributed by atoms with van der Waals surface area (Å²) in [5.41, 5.74) is 0. The lowest BCUT2D eigenvalue weighted by molar-refractivity contribution is 0.281. The first kappa shape index (κ1) is 10.9. The quantitative estimate of drug-likeness (QED) is 0.774. The average molecular weight is 228 g/mol. The predicted molar refractivity (Wildman–Crippen MR) is 61.0 cm³/mol. The van der Waals surface area contributed by atoms with Crippen LogP contribution in [0.15, 0.2) is 0 Å². The van der Waals surface area contributed by atoms with Crippen molar-refractivity contribution in [1.29, 1.82) is 0 Å². The maximum absolute atomic E-state index is 6.01. The van der Waals surface area contributed by atoms with Gasteiger partial charge in [-0.05, 0) is 30.4 Å². The summed E-state index contributed by atoms with van der Waals surface area (Å²) >= 11 is 6.01. The van der Waals surface area contributed by atoms with Gasteiger partial charge in [-0.3, -0.25) is 0 Å². The van der Waals surface area contributed by atoms with Gasteiger partial charge in [0.25, 0.3) is 0 Å². The van der Waals surface area contributed by atoms with Crippen LogP contribution in [0.25, 0.3) is 0 Å². The van der Waals surface area contributed by atoms with Crippen molar-refractivity contribution in [2.75, 3.05) is 0 Å². The van der Waals surface area contributed by atoms with E-state index >= 15 is 0 Å². The van der Waals surface area contributed by atoms with Gasteiger partial charge in [0.05, 0.1) is 0 Å². The van der Waals surface area contributed by atoms with E-state index < -0.39 is 0 Å². The van der Waals surface area contributed by atoms with Gasteiger partial charge in [0.1, 0.15) is 5.82 Å². The lowest BCUT2D eigenvalue weighted by Gasteiger charge is -2.25. The summed E-state index contributed by atoms with van der Waals surface area (Å²) in [6.45, 7) is 3.14. The Morgan fingerprint density at radius 2 is 2.20 bits per heavy atom. The van der Waals surface area contributed by atoms with Gasteiger partial charge in [-0.15, -0.1) is 10.2 Å². The Hall–Kier alpha value is -0.570. The van der Waals surface area contributed by atoms with Crippen LogP contribution in [-0.4, -0.2) is 14.8 Å². The summed E-state index contributed by atoms with van der Waals surface area (Å²) in [4.78, 5) is 0. The number of aromatic nitrogens is 3. The zero-order chi connectivity index (χ0) is 10.7. The van der Waals surface area contributed by atoms with E-state index in [4.69, 9.17) is 11.6 Å². The number of halogens is 1. The second-order valence-corrected chi connectivity index (χ2v) is 4.71. The molecule has 0 atom stereocenters. The maximum Gasteiger partial charge on any atom is 0.225 e. The molecule has 1 saturated carbocycles. The molecule has 1 aromatic rings. The third kappa shape index (κ3) is 2.51. The van der Waals surface area contributed by atoms with Gasteiger partial charge >= 0.3 is 0 Å². The molecule has 1 aromatic heterocycles. The molecule has 2 rings (SSSR count). The SMILES string of the molecule is CCCc1nnc(Cl)n1CCC1CCC1. The fraction of sp³-hybridized carbons (Fsp3) is 0.818. The number of hydrogen-bond donors (Lipinski definition) is 0. The van der Waals surface area contributed by atoms with Crippen molar-refractivity contribution >= 4 is 11.6 Å². The molecule has 15 heavy (non-hydrogen) atoms. The fourth-order valence-corrected chi connectivity index (χ4v) is 2.26. The molecule has 84 valence electrons. The molecule has 0 spiro atoms. The van der Waals surface area contributed by atoms with E-state index in [-0.39, 0.29) is 0 Å². The van der Waals surface area contributed by atoms with Crippen LogP contribution in [0.1, 0.15) is 44.9 Å². The minimum absolute atomic E-state index is 0.553. The molecule has 0 radical (unpaired) electrons. The van der Waals surface area contributed by atoms with Crippen molar-refractivity contribution in [2.24, 2.45) is 5.92 Å². The van der Waals surface area contributed by atoms with Gasteiger partial charge in [0.2, 0.25) is 5.28 Å². The summed E-state index contributed by atoms with van der Waals surface area (Å²) in [6, 6.07) is 0. The summed E-state index contributed by atoms with van der Waals surface area (Å²) in [7, 11) is 0. The Bertz CT molecular complexity index is 318. The van der Waals surface area contributed by atoms with Crippen molar-refractivity contribution in [3.63, 3.8) is 0 Å². The number of rotatable bonds is 5. The molecule has 1 fully saturated rings. The van der Waals surface area contributed by atoms with Gasteiger partial charge in [-0.1, -0.05) is 26.2 Å². The van der Waals surface area contributed by atoms with E-state index in [0.717, 1.165) is 31.1 Å². The minimum Gasteiger partial charge on any atom is -0.302 e. The number of hydrogen-bond acceptors (Lipinski definition) is 2. The highest BCUT2D eigenvalue weighted by Crippen LogP contribution is 2.30. The van der Waals surface area contributed by atoms with E-state index in [1.54, 1.807) is 0 Å². The average Bonchev–Trinajstić information content (AvgIpc) is 2.47. The standard InChI is InChI=1S/C11H18ClN3/c1-2-4-10-13-14-11(12)15(10)8-7-9-5-3-6-9/h9H,2-8H2,1H3. The Labute approximate surface area is 95.8 Å². The monoisotopic (exact) mass is 227 g/mol. The van der Waals surface area contributed by atoms with Crippen LogP contribution in [0.2, 0.25) is 5.28 Å². The van der Waals surface area contributed by atoms with Gasteiger partial charge in [0.15, 0.2) is 0 Å². The minimum atomic E-state index is 0.553. The van der Waals surface area contributed by atoms with Crippen molar-refractivity contribution in [3.05, 3.63) is 11.1 Å². The van der Waals surface area contributed by atoms with E-state index in [1.165, 1.54) is 25.7 Å². The smallest absolute Gasteiger partial charge is 0.225 e. The third-order valence-corrected chi connectivity index (χ3v) is 3.52. The molecule has 1 heterocycles. The molecule has 0 saturated heterocycles. The highest BCUT2D eigenvalue weighted by Gasteiger charge is 2.18. The van der Waals surface area contributed by atoms with Crippen molar-refractivity contribution < 1.29 is 0 Å². The first-order valence-corrected chi connectivity index (χ1v) is 6.26. The van der Waals surface area contributed by atoms with Gasteiger partial charge in [-0.2, -0.15) is 0 Å². The summed E-state index contributed by atoms with van der Waals surface area (Å²) in [5.74, 6) is 1.96. The number of nitrogens with zero attached hydrogens (tertiary/aromatic N) is 3. The Morgan fingerprint density at radius 1 is 1.40 bits per heavy atom. The summed E-state index contributed by atoms with van der Waals surface area (Å²) in [6.07, 6.45) is 7.49. The molecule has 3 nitrogen and oxygen atoms in total. The predicted octanol–water partition coefficient (Wildman–Crippen LogP) is 3.07. The lowest BCUT2D eigenvalue weighted by Crippen LogP contribution is -2.15. The van der Waals surface area contributed by atoms with Crippen molar-refractivity contribution in [2.45, 2.75) is 52.0 Å². The molecule has 1 aliphatic rings.